The molecule has 1 aliphatic rings. The van der Waals surface area contributed by atoms with E-state index in [2.05, 4.69) is 17.1 Å². The summed E-state index contributed by atoms with van der Waals surface area (Å²) < 4.78 is 0. The van der Waals surface area contributed by atoms with Crippen LogP contribution in [0.1, 0.15) is 6.92 Å². The molecule has 1 amide bonds. The van der Waals surface area contributed by atoms with Crippen molar-refractivity contribution in [2.45, 2.75) is 6.92 Å². The molecule has 1 heterocycles. The first-order valence-electron chi connectivity index (χ1n) is 3.76. The number of hydrogen-bond acceptors (Lipinski definition) is 2. The molecule has 0 atom stereocenters. The van der Waals surface area contributed by atoms with Crippen LogP contribution >= 0.6 is 0 Å². The fourth-order valence-electron chi connectivity index (χ4n) is 1.28. The van der Waals surface area contributed by atoms with Crippen LogP contribution < -0.4 is 5.32 Å². The predicted molar refractivity (Wildman–Crippen MR) is 39.7 cm³/mol. The summed E-state index contributed by atoms with van der Waals surface area (Å²) in [5, 5.41) is 2.69. The van der Waals surface area contributed by atoms with E-state index in [1.54, 1.807) is 0 Å². The summed E-state index contributed by atoms with van der Waals surface area (Å²) >= 11 is 0. The van der Waals surface area contributed by atoms with Crippen LogP contribution in [0.25, 0.3) is 0 Å². The summed E-state index contributed by atoms with van der Waals surface area (Å²) in [7, 11) is 0. The second kappa shape index (κ2) is 3.56. The number of carbonyl (C=O) groups is 1. The number of nitrogens with zero attached hydrogens (tertiary/aromatic N) is 1. The molecule has 0 radical (unpaired) electrons. The third kappa shape index (κ3) is 1.70. The Morgan fingerprint density at radius 2 is 2.40 bits per heavy atom. The number of carbonyl (C=O) groups excluding carboxylic acids is 1. The first-order chi connectivity index (χ1) is 4.86. The van der Waals surface area contributed by atoms with Gasteiger partial charge in [-0.15, -0.1) is 0 Å². The summed E-state index contributed by atoms with van der Waals surface area (Å²) in [6, 6.07) is 0. The van der Waals surface area contributed by atoms with Crippen LogP contribution in [0.4, 0.5) is 0 Å². The summed E-state index contributed by atoms with van der Waals surface area (Å²) in [5.41, 5.74) is 0. The molecule has 1 fully saturated rings. The molecule has 1 saturated heterocycles. The second-order valence-electron chi connectivity index (χ2n) is 2.74. The second-order valence-corrected chi connectivity index (χ2v) is 2.74. The number of rotatable bonds is 4. The highest BCUT2D eigenvalue weighted by Gasteiger charge is 2.23. The van der Waals surface area contributed by atoms with Crippen LogP contribution in [0.15, 0.2) is 0 Å². The van der Waals surface area contributed by atoms with Crippen molar-refractivity contribution < 1.29 is 4.79 Å². The predicted octanol–water partition coefficient (Wildman–Crippen LogP) is -0.316. The van der Waals surface area contributed by atoms with E-state index in [1.807, 2.05) is 0 Å². The minimum absolute atomic E-state index is 0.699. The highest BCUT2D eigenvalue weighted by atomic mass is 16.1. The molecule has 1 N–H and O–H groups in total. The molecule has 3 nitrogen and oxygen atoms in total. The van der Waals surface area contributed by atoms with E-state index >= 15 is 0 Å². The minimum atomic E-state index is 0.699. The lowest BCUT2D eigenvalue weighted by Crippen LogP contribution is -2.50. The Hall–Kier alpha value is -0.570. The fraction of sp³-hybridized carbons (Fsp3) is 0.857. The van der Waals surface area contributed by atoms with Crippen molar-refractivity contribution in [2.75, 3.05) is 26.2 Å². The standard InChI is InChI=1S/C7H14N2O/c1-2-9-4-7(5-9)3-8-6-10/h6-7H,2-5H2,1H3,(H,8,10). The SMILES string of the molecule is CCN1CC(CNC=O)C1. The summed E-state index contributed by atoms with van der Waals surface area (Å²) in [6.45, 7) is 6.44. The van der Waals surface area contributed by atoms with Crippen LogP contribution in [0, 0.1) is 5.92 Å². The summed E-state index contributed by atoms with van der Waals surface area (Å²) in [4.78, 5) is 12.2. The Morgan fingerprint density at radius 1 is 1.70 bits per heavy atom. The number of likely N-dealkylation sites (tertiary alicyclic amines) is 1. The van der Waals surface area contributed by atoms with Crippen molar-refractivity contribution in [3.05, 3.63) is 0 Å². The Morgan fingerprint density at radius 3 is 2.90 bits per heavy atom. The van der Waals surface area contributed by atoms with Crippen molar-refractivity contribution in [1.82, 2.24) is 10.2 Å². The number of hydrogen-bond donors (Lipinski definition) is 1. The van der Waals surface area contributed by atoms with Gasteiger partial charge in [0.05, 0.1) is 0 Å². The van der Waals surface area contributed by atoms with Crippen LogP contribution in [-0.4, -0.2) is 37.5 Å². The molecule has 0 saturated carbocycles. The van der Waals surface area contributed by atoms with Crippen LogP contribution in [-0.2, 0) is 4.79 Å². The molecule has 0 aromatic rings. The molecule has 10 heavy (non-hydrogen) atoms. The third-order valence-electron chi connectivity index (χ3n) is 1.97. The molecule has 3 heteroatoms. The topological polar surface area (TPSA) is 32.3 Å². The van der Waals surface area contributed by atoms with E-state index in [1.165, 1.54) is 0 Å². The maximum Gasteiger partial charge on any atom is 0.207 e. The number of nitrogens with one attached hydrogen (secondary N) is 1. The van der Waals surface area contributed by atoms with Gasteiger partial charge in [0.1, 0.15) is 0 Å². The maximum absolute atomic E-state index is 9.88. The minimum Gasteiger partial charge on any atom is -0.358 e. The Kier molecular flexibility index (Phi) is 2.68. The zero-order chi connectivity index (χ0) is 7.40. The van der Waals surface area contributed by atoms with E-state index in [4.69, 9.17) is 0 Å². The van der Waals surface area contributed by atoms with Gasteiger partial charge in [-0.25, -0.2) is 0 Å². The highest BCUT2D eigenvalue weighted by Crippen LogP contribution is 2.12. The molecular formula is C7H14N2O. The quantitative estimate of drug-likeness (QED) is 0.546. The fourth-order valence-corrected chi connectivity index (χ4v) is 1.28. The lowest BCUT2D eigenvalue weighted by molar-refractivity contribution is -0.109. The third-order valence-corrected chi connectivity index (χ3v) is 1.97. The van der Waals surface area contributed by atoms with E-state index in [9.17, 15) is 4.79 Å². The summed E-state index contributed by atoms with van der Waals surface area (Å²) in [5.74, 6) is 0.699. The lowest BCUT2D eigenvalue weighted by atomic mass is 10.0. The zero-order valence-corrected chi connectivity index (χ0v) is 6.34. The van der Waals surface area contributed by atoms with Crippen molar-refractivity contribution >= 4 is 6.41 Å². The first kappa shape index (κ1) is 7.54. The molecule has 0 aromatic heterocycles. The number of amides is 1. The zero-order valence-electron chi connectivity index (χ0n) is 6.34. The van der Waals surface area contributed by atoms with Crippen LogP contribution in [0.5, 0.6) is 0 Å². The van der Waals surface area contributed by atoms with Gasteiger partial charge in [-0.05, 0) is 6.54 Å². The van der Waals surface area contributed by atoms with Crippen molar-refractivity contribution in [3.63, 3.8) is 0 Å². The van der Waals surface area contributed by atoms with E-state index in [-0.39, 0.29) is 0 Å². The average Bonchev–Trinajstić information content (AvgIpc) is 1.86. The van der Waals surface area contributed by atoms with Gasteiger partial charge in [-0.2, -0.15) is 0 Å². The van der Waals surface area contributed by atoms with Gasteiger partial charge < -0.3 is 10.2 Å². The van der Waals surface area contributed by atoms with Crippen LogP contribution in [0.2, 0.25) is 0 Å². The Balaban J connectivity index is 1.97. The highest BCUT2D eigenvalue weighted by molar-refractivity contribution is 5.45. The Labute approximate surface area is 61.4 Å². The molecule has 58 valence electrons. The molecule has 0 unspecified atom stereocenters. The molecule has 0 spiro atoms. The molecule has 0 bridgehead atoms. The van der Waals surface area contributed by atoms with Gasteiger partial charge in [0.25, 0.3) is 0 Å². The van der Waals surface area contributed by atoms with E-state index in [0.717, 1.165) is 32.6 Å². The summed E-state index contributed by atoms with van der Waals surface area (Å²) in [6.07, 6.45) is 0.772. The molecule has 1 aliphatic heterocycles. The van der Waals surface area contributed by atoms with Gasteiger partial charge in [0, 0.05) is 25.6 Å². The van der Waals surface area contributed by atoms with Crippen LogP contribution in [0.3, 0.4) is 0 Å². The normalized spacial score (nSPS) is 20.1. The molecule has 0 aliphatic carbocycles. The maximum atomic E-state index is 9.88. The lowest BCUT2D eigenvalue weighted by Gasteiger charge is -2.38. The first-order valence-corrected chi connectivity index (χ1v) is 3.76. The largest absolute Gasteiger partial charge is 0.358 e. The smallest absolute Gasteiger partial charge is 0.207 e. The molecule has 0 aromatic carbocycles. The average molecular weight is 142 g/mol. The van der Waals surface area contributed by atoms with Gasteiger partial charge in [-0.1, -0.05) is 6.92 Å². The van der Waals surface area contributed by atoms with Crippen molar-refractivity contribution in [2.24, 2.45) is 5.92 Å². The van der Waals surface area contributed by atoms with E-state index < -0.39 is 0 Å². The van der Waals surface area contributed by atoms with E-state index in [0.29, 0.717) is 5.92 Å². The Bertz CT molecular complexity index is 110. The van der Waals surface area contributed by atoms with Gasteiger partial charge in [0.15, 0.2) is 0 Å². The molecular weight excluding hydrogens is 128 g/mol. The van der Waals surface area contributed by atoms with Gasteiger partial charge >= 0.3 is 0 Å². The molecule has 1 rings (SSSR count). The van der Waals surface area contributed by atoms with Gasteiger partial charge in [-0.3, -0.25) is 4.79 Å². The van der Waals surface area contributed by atoms with Crippen molar-refractivity contribution in [3.8, 4) is 0 Å². The van der Waals surface area contributed by atoms with Gasteiger partial charge in [0.2, 0.25) is 6.41 Å². The van der Waals surface area contributed by atoms with Crippen molar-refractivity contribution in [1.29, 1.82) is 0 Å². The monoisotopic (exact) mass is 142 g/mol.